The smallest absolute Gasteiger partial charge is 0.0721 e. The Bertz CT molecular complexity index is 99.7. The lowest BCUT2D eigenvalue weighted by atomic mass is 10.5. The summed E-state index contributed by atoms with van der Waals surface area (Å²) in [7, 11) is 0. The van der Waals surface area contributed by atoms with Gasteiger partial charge < -0.3 is 10.2 Å². The van der Waals surface area contributed by atoms with Crippen molar-refractivity contribution in [3.63, 3.8) is 0 Å². The van der Waals surface area contributed by atoms with Crippen LogP contribution >= 0.6 is 23.5 Å². The maximum Gasteiger partial charge on any atom is 0.0721 e. The summed E-state index contributed by atoms with van der Waals surface area (Å²) in [6.07, 6.45) is -0.174. The van der Waals surface area contributed by atoms with Crippen LogP contribution in [0.4, 0.5) is 0 Å². The van der Waals surface area contributed by atoms with Crippen LogP contribution in [0.15, 0.2) is 0 Å². The molecule has 1 aliphatic rings. The third-order valence-electron chi connectivity index (χ3n) is 1.34. The highest BCUT2D eigenvalue weighted by Gasteiger charge is 2.16. The maximum atomic E-state index is 9.18. The van der Waals surface area contributed by atoms with Gasteiger partial charge in [0.2, 0.25) is 0 Å². The van der Waals surface area contributed by atoms with Gasteiger partial charge in [-0.25, -0.2) is 0 Å². The lowest BCUT2D eigenvalue weighted by molar-refractivity contribution is 0.225. The van der Waals surface area contributed by atoms with Gasteiger partial charge in [0.05, 0.1) is 12.7 Å². The van der Waals surface area contributed by atoms with Crippen LogP contribution in [0.2, 0.25) is 0 Å². The maximum absolute atomic E-state index is 9.18. The highest BCUT2D eigenvalue weighted by atomic mass is 32.2. The third-order valence-corrected chi connectivity index (χ3v) is 4.18. The van der Waals surface area contributed by atoms with Gasteiger partial charge in [0.15, 0.2) is 0 Å². The lowest BCUT2D eigenvalue weighted by Gasteiger charge is -2.07. The molecule has 0 aromatic carbocycles. The fraction of sp³-hybridized carbons (Fsp3) is 1.00. The summed E-state index contributed by atoms with van der Waals surface area (Å²) in [5.41, 5.74) is 0. The van der Waals surface area contributed by atoms with Crippen molar-refractivity contribution in [2.24, 2.45) is 0 Å². The van der Waals surface area contributed by atoms with Gasteiger partial charge >= 0.3 is 0 Å². The molecule has 0 aliphatic carbocycles. The zero-order valence-corrected chi connectivity index (χ0v) is 7.33. The highest BCUT2D eigenvalue weighted by Crippen LogP contribution is 2.22. The molecule has 1 saturated heterocycles. The van der Waals surface area contributed by atoms with Gasteiger partial charge in [-0.15, -0.1) is 0 Å². The first-order chi connectivity index (χ1) is 4.83. The summed E-state index contributed by atoms with van der Waals surface area (Å²) in [6.45, 7) is 0.240. The van der Waals surface area contributed by atoms with Gasteiger partial charge in [-0.05, 0) is 0 Å². The molecule has 0 radical (unpaired) electrons. The minimum absolute atomic E-state index is 0.174. The Labute approximate surface area is 69.4 Å². The Balaban J connectivity index is 2.26. The molecule has 0 bridgehead atoms. The summed E-state index contributed by atoms with van der Waals surface area (Å²) in [6, 6.07) is 0. The first-order valence-electron chi connectivity index (χ1n) is 3.31. The van der Waals surface area contributed by atoms with E-state index in [0.717, 1.165) is 17.3 Å². The summed E-state index contributed by atoms with van der Waals surface area (Å²) >= 11 is 3.40. The van der Waals surface area contributed by atoms with Crippen molar-refractivity contribution < 1.29 is 10.2 Å². The second-order valence-corrected chi connectivity index (χ2v) is 4.74. The van der Waals surface area contributed by atoms with E-state index in [2.05, 4.69) is 0 Å². The van der Waals surface area contributed by atoms with E-state index in [-0.39, 0.29) is 12.7 Å². The molecule has 1 fully saturated rings. The molecule has 60 valence electrons. The fourth-order valence-electron chi connectivity index (χ4n) is 0.784. The molecule has 2 nitrogen and oxygen atoms in total. The van der Waals surface area contributed by atoms with E-state index in [1.807, 2.05) is 0 Å². The first-order valence-corrected chi connectivity index (χ1v) is 5.51. The molecule has 0 aromatic rings. The quantitative estimate of drug-likeness (QED) is 0.604. The monoisotopic (exact) mass is 180 g/mol. The van der Waals surface area contributed by atoms with Crippen molar-refractivity contribution in [1.82, 2.24) is 0 Å². The molecule has 10 heavy (non-hydrogen) atoms. The third kappa shape index (κ3) is 2.70. The summed E-state index contributed by atoms with van der Waals surface area (Å²) in [5, 5.41) is 18.3. The summed E-state index contributed by atoms with van der Waals surface area (Å²) in [5.74, 6) is 2.57. The fourth-order valence-corrected chi connectivity index (χ4v) is 3.22. The molecule has 2 unspecified atom stereocenters. The predicted octanol–water partition coefficient (Wildman–Crippen LogP) is 0.188. The zero-order chi connectivity index (χ0) is 7.40. The van der Waals surface area contributed by atoms with Crippen LogP contribution in [0, 0.1) is 0 Å². The molecule has 4 heteroatoms. The lowest BCUT2D eigenvalue weighted by Crippen LogP contribution is -2.13. The summed E-state index contributed by atoms with van der Waals surface area (Å²) in [4.78, 5) is 0. The van der Waals surface area contributed by atoms with E-state index in [1.165, 1.54) is 0 Å². The Morgan fingerprint density at radius 1 is 1.30 bits per heavy atom. The molecular formula is C6H12O2S2. The Hall–Kier alpha value is 0.620. The number of thioether (sulfide) groups is 2. The Morgan fingerprint density at radius 3 is 2.80 bits per heavy atom. The van der Waals surface area contributed by atoms with Crippen LogP contribution in [-0.2, 0) is 0 Å². The second kappa shape index (κ2) is 4.49. The average molecular weight is 180 g/mol. The SMILES string of the molecule is OCC1CSCC(O)CS1. The van der Waals surface area contributed by atoms with Crippen LogP contribution in [-0.4, -0.2) is 45.4 Å². The van der Waals surface area contributed by atoms with Gasteiger partial charge in [-0.2, -0.15) is 23.5 Å². The van der Waals surface area contributed by atoms with Crippen molar-refractivity contribution in [2.45, 2.75) is 11.4 Å². The Kier molecular flexibility index (Phi) is 3.91. The van der Waals surface area contributed by atoms with Crippen molar-refractivity contribution in [1.29, 1.82) is 0 Å². The molecule has 1 heterocycles. The molecule has 0 saturated carbocycles. The molecule has 1 aliphatic heterocycles. The largest absolute Gasteiger partial charge is 0.395 e. The summed E-state index contributed by atoms with van der Waals surface area (Å²) < 4.78 is 0. The molecule has 0 amide bonds. The average Bonchev–Trinajstić information content (AvgIpc) is 2.14. The standard InChI is InChI=1S/C6H12O2S2/c7-1-6-4-9-2-5(8)3-10-6/h5-8H,1-4H2. The van der Waals surface area contributed by atoms with E-state index in [0.29, 0.717) is 5.25 Å². The first kappa shape index (κ1) is 8.71. The van der Waals surface area contributed by atoms with Gasteiger partial charge in [0.25, 0.3) is 0 Å². The van der Waals surface area contributed by atoms with Crippen LogP contribution < -0.4 is 0 Å². The van der Waals surface area contributed by atoms with Crippen molar-refractivity contribution >= 4 is 23.5 Å². The molecule has 0 aromatic heterocycles. The van der Waals surface area contributed by atoms with Crippen molar-refractivity contribution in [3.8, 4) is 0 Å². The van der Waals surface area contributed by atoms with E-state index in [9.17, 15) is 5.11 Å². The van der Waals surface area contributed by atoms with Crippen LogP contribution in [0.1, 0.15) is 0 Å². The number of aliphatic hydroxyl groups is 2. The molecule has 0 spiro atoms. The normalized spacial score (nSPS) is 35.4. The van der Waals surface area contributed by atoms with Crippen molar-refractivity contribution in [3.05, 3.63) is 0 Å². The predicted molar refractivity (Wildman–Crippen MR) is 46.7 cm³/mol. The zero-order valence-electron chi connectivity index (χ0n) is 5.69. The number of hydrogen-bond acceptors (Lipinski definition) is 4. The molecule has 1 rings (SSSR count). The topological polar surface area (TPSA) is 40.5 Å². The van der Waals surface area contributed by atoms with Gasteiger partial charge in [0, 0.05) is 22.5 Å². The minimum Gasteiger partial charge on any atom is -0.395 e. The number of aliphatic hydroxyl groups excluding tert-OH is 2. The van der Waals surface area contributed by atoms with Crippen molar-refractivity contribution in [2.75, 3.05) is 23.9 Å². The molecule has 2 N–H and O–H groups in total. The Morgan fingerprint density at radius 2 is 2.10 bits per heavy atom. The van der Waals surface area contributed by atoms with Crippen LogP contribution in [0.5, 0.6) is 0 Å². The second-order valence-electron chi connectivity index (χ2n) is 2.33. The van der Waals surface area contributed by atoms with E-state index in [4.69, 9.17) is 5.11 Å². The number of hydrogen-bond donors (Lipinski definition) is 2. The minimum atomic E-state index is -0.174. The van der Waals surface area contributed by atoms with Gasteiger partial charge in [0.1, 0.15) is 0 Å². The van der Waals surface area contributed by atoms with E-state index in [1.54, 1.807) is 23.5 Å². The van der Waals surface area contributed by atoms with E-state index < -0.39 is 0 Å². The molecule has 2 atom stereocenters. The number of rotatable bonds is 1. The van der Waals surface area contributed by atoms with Gasteiger partial charge in [-0.3, -0.25) is 0 Å². The highest BCUT2D eigenvalue weighted by molar-refractivity contribution is 8.04. The van der Waals surface area contributed by atoms with Crippen LogP contribution in [0.25, 0.3) is 0 Å². The van der Waals surface area contributed by atoms with Gasteiger partial charge in [-0.1, -0.05) is 0 Å². The van der Waals surface area contributed by atoms with E-state index >= 15 is 0 Å². The molecular weight excluding hydrogens is 168 g/mol. The van der Waals surface area contributed by atoms with Crippen LogP contribution in [0.3, 0.4) is 0 Å².